The maximum absolute atomic E-state index is 12.1. The zero-order valence-electron chi connectivity index (χ0n) is 12.1. The highest BCUT2D eigenvalue weighted by molar-refractivity contribution is 9.10. The van der Waals surface area contributed by atoms with E-state index in [0.717, 1.165) is 24.2 Å². The summed E-state index contributed by atoms with van der Waals surface area (Å²) in [5.74, 6) is 0.0287. The fourth-order valence-electron chi connectivity index (χ4n) is 2.51. The number of aryl methyl sites for hydroxylation is 1. The van der Waals surface area contributed by atoms with Crippen molar-refractivity contribution in [3.05, 3.63) is 46.3 Å². The van der Waals surface area contributed by atoms with Gasteiger partial charge in [0.05, 0.1) is 0 Å². The van der Waals surface area contributed by atoms with E-state index in [1.807, 2.05) is 25.1 Å². The van der Waals surface area contributed by atoms with Gasteiger partial charge >= 0.3 is 0 Å². The first-order valence-corrected chi connectivity index (χ1v) is 7.81. The summed E-state index contributed by atoms with van der Waals surface area (Å²) in [6.07, 6.45) is 1.45. The Morgan fingerprint density at radius 1 is 1.32 bits per heavy atom. The van der Waals surface area contributed by atoms with Crippen LogP contribution in [0.2, 0.25) is 0 Å². The van der Waals surface area contributed by atoms with E-state index >= 15 is 0 Å². The molecule has 1 aromatic heterocycles. The molecule has 0 saturated carbocycles. The summed E-state index contributed by atoms with van der Waals surface area (Å²) < 4.78 is 5.73. The largest absolute Gasteiger partial charge is 0.444 e. The molecule has 1 N–H and O–H groups in total. The normalized spacial score (nSPS) is 14.5. The summed E-state index contributed by atoms with van der Waals surface area (Å²) in [4.78, 5) is 25.8. The van der Waals surface area contributed by atoms with Crippen LogP contribution in [0.5, 0.6) is 0 Å². The van der Waals surface area contributed by atoms with Crippen molar-refractivity contribution in [2.75, 3.05) is 16.8 Å². The van der Waals surface area contributed by atoms with Gasteiger partial charge < -0.3 is 14.6 Å². The molecule has 22 heavy (non-hydrogen) atoms. The highest BCUT2D eigenvalue weighted by atomic mass is 79.9. The van der Waals surface area contributed by atoms with E-state index < -0.39 is 0 Å². The van der Waals surface area contributed by atoms with Gasteiger partial charge in [-0.3, -0.25) is 9.59 Å². The van der Waals surface area contributed by atoms with E-state index in [9.17, 15) is 9.59 Å². The Morgan fingerprint density at radius 3 is 2.77 bits per heavy atom. The maximum atomic E-state index is 12.1. The molecule has 2 amide bonds. The van der Waals surface area contributed by atoms with Crippen molar-refractivity contribution in [2.45, 2.75) is 19.8 Å². The van der Waals surface area contributed by atoms with Crippen LogP contribution in [0, 0.1) is 6.92 Å². The Balaban J connectivity index is 1.83. The van der Waals surface area contributed by atoms with Crippen LogP contribution in [-0.2, 0) is 4.79 Å². The van der Waals surface area contributed by atoms with Gasteiger partial charge in [0.25, 0.3) is 5.91 Å². The van der Waals surface area contributed by atoms with Gasteiger partial charge in [-0.2, -0.15) is 0 Å². The molecule has 5 nitrogen and oxygen atoms in total. The van der Waals surface area contributed by atoms with Crippen molar-refractivity contribution < 1.29 is 14.0 Å². The third kappa shape index (κ3) is 2.92. The highest BCUT2D eigenvalue weighted by Gasteiger charge is 2.23. The smallest absolute Gasteiger partial charge is 0.291 e. The van der Waals surface area contributed by atoms with Gasteiger partial charge in [0, 0.05) is 24.3 Å². The summed E-state index contributed by atoms with van der Waals surface area (Å²) in [5, 5.41) is 2.79. The SMILES string of the molecule is Cc1ccc(NC(=O)c2ccc(Br)o2)cc1N1CCCC1=O. The van der Waals surface area contributed by atoms with Gasteiger partial charge in [0.2, 0.25) is 5.91 Å². The zero-order chi connectivity index (χ0) is 15.7. The molecule has 1 aliphatic heterocycles. The average molecular weight is 363 g/mol. The number of benzene rings is 1. The molecule has 1 aliphatic rings. The molecule has 6 heteroatoms. The number of hydrogen-bond acceptors (Lipinski definition) is 3. The lowest BCUT2D eigenvalue weighted by Gasteiger charge is -2.19. The third-order valence-corrected chi connectivity index (χ3v) is 4.05. The monoisotopic (exact) mass is 362 g/mol. The number of carbonyl (C=O) groups excluding carboxylic acids is 2. The maximum Gasteiger partial charge on any atom is 0.291 e. The first-order chi connectivity index (χ1) is 10.5. The van der Waals surface area contributed by atoms with Crippen molar-refractivity contribution in [2.24, 2.45) is 0 Å². The molecule has 1 fully saturated rings. The number of furan rings is 1. The number of anilines is 2. The minimum absolute atomic E-state index is 0.126. The van der Waals surface area contributed by atoms with Crippen LogP contribution >= 0.6 is 15.9 Å². The van der Waals surface area contributed by atoms with Crippen LogP contribution in [0.3, 0.4) is 0 Å². The molecule has 2 aromatic rings. The third-order valence-electron chi connectivity index (χ3n) is 3.63. The molecule has 0 unspecified atom stereocenters. The summed E-state index contributed by atoms with van der Waals surface area (Å²) in [5.41, 5.74) is 2.49. The second-order valence-electron chi connectivity index (χ2n) is 5.21. The summed E-state index contributed by atoms with van der Waals surface area (Å²) >= 11 is 3.17. The molecule has 0 bridgehead atoms. The average Bonchev–Trinajstić information content (AvgIpc) is 3.10. The second kappa shape index (κ2) is 5.96. The lowest BCUT2D eigenvalue weighted by Crippen LogP contribution is -2.24. The van der Waals surface area contributed by atoms with Crippen molar-refractivity contribution >= 4 is 39.1 Å². The van der Waals surface area contributed by atoms with Crippen molar-refractivity contribution in [1.29, 1.82) is 0 Å². The fourth-order valence-corrected chi connectivity index (χ4v) is 2.82. The second-order valence-corrected chi connectivity index (χ2v) is 5.99. The van der Waals surface area contributed by atoms with Crippen LogP contribution in [0.4, 0.5) is 11.4 Å². The predicted octanol–water partition coefficient (Wildman–Crippen LogP) is 3.73. The molecule has 1 saturated heterocycles. The number of nitrogens with one attached hydrogen (secondary N) is 1. The Labute approximate surface area is 136 Å². The topological polar surface area (TPSA) is 62.6 Å². The quantitative estimate of drug-likeness (QED) is 0.904. The number of hydrogen-bond donors (Lipinski definition) is 1. The van der Waals surface area contributed by atoms with E-state index in [0.29, 0.717) is 16.8 Å². The van der Waals surface area contributed by atoms with E-state index in [-0.39, 0.29) is 17.6 Å². The number of amides is 2. The Bertz CT molecular complexity index is 739. The minimum atomic E-state index is -0.326. The lowest BCUT2D eigenvalue weighted by atomic mass is 10.1. The van der Waals surface area contributed by atoms with Gasteiger partial charge in [0.1, 0.15) is 0 Å². The van der Waals surface area contributed by atoms with E-state index in [4.69, 9.17) is 4.42 Å². The van der Waals surface area contributed by atoms with Crippen LogP contribution in [0.25, 0.3) is 0 Å². The van der Waals surface area contributed by atoms with Crippen LogP contribution < -0.4 is 10.2 Å². The molecule has 3 rings (SSSR count). The van der Waals surface area contributed by atoms with Gasteiger partial charge in [-0.25, -0.2) is 0 Å². The van der Waals surface area contributed by atoms with Crippen LogP contribution in [0.1, 0.15) is 29.0 Å². The van der Waals surface area contributed by atoms with Gasteiger partial charge in [-0.05, 0) is 59.1 Å². The summed E-state index contributed by atoms with van der Waals surface area (Å²) in [7, 11) is 0. The number of halogens is 1. The molecule has 0 radical (unpaired) electrons. The number of rotatable bonds is 3. The molecule has 0 spiro atoms. The Morgan fingerprint density at radius 2 is 2.14 bits per heavy atom. The molecule has 2 heterocycles. The first kappa shape index (κ1) is 14.8. The van der Waals surface area contributed by atoms with Gasteiger partial charge in [0.15, 0.2) is 10.4 Å². The lowest BCUT2D eigenvalue weighted by molar-refractivity contribution is -0.117. The Hall–Kier alpha value is -2.08. The number of carbonyl (C=O) groups is 2. The number of nitrogens with zero attached hydrogens (tertiary/aromatic N) is 1. The summed E-state index contributed by atoms with van der Waals surface area (Å²) in [6, 6.07) is 8.80. The van der Waals surface area contributed by atoms with Crippen LogP contribution in [0.15, 0.2) is 39.4 Å². The Kier molecular flexibility index (Phi) is 4.02. The molecular formula is C16H15BrN2O3. The predicted molar refractivity (Wildman–Crippen MR) is 87.1 cm³/mol. The highest BCUT2D eigenvalue weighted by Crippen LogP contribution is 2.28. The molecule has 0 atom stereocenters. The standard InChI is InChI=1S/C16H15BrN2O3/c1-10-4-5-11(9-12(10)19-8-2-3-15(19)20)18-16(21)13-6-7-14(17)22-13/h4-7,9H,2-3,8H2,1H3,(H,18,21). The molecule has 1 aromatic carbocycles. The fraction of sp³-hybridized carbons (Fsp3) is 0.250. The molecule has 0 aliphatic carbocycles. The molecule has 114 valence electrons. The molecular weight excluding hydrogens is 348 g/mol. The zero-order valence-corrected chi connectivity index (χ0v) is 13.6. The van der Waals surface area contributed by atoms with E-state index in [1.54, 1.807) is 17.0 Å². The minimum Gasteiger partial charge on any atom is -0.444 e. The van der Waals surface area contributed by atoms with Crippen molar-refractivity contribution in [1.82, 2.24) is 0 Å². The summed E-state index contributed by atoms with van der Waals surface area (Å²) in [6.45, 7) is 2.68. The van der Waals surface area contributed by atoms with E-state index in [2.05, 4.69) is 21.2 Å². The van der Waals surface area contributed by atoms with Crippen molar-refractivity contribution in [3.63, 3.8) is 0 Å². The van der Waals surface area contributed by atoms with E-state index in [1.165, 1.54) is 0 Å². The van der Waals surface area contributed by atoms with Crippen molar-refractivity contribution in [3.8, 4) is 0 Å². The first-order valence-electron chi connectivity index (χ1n) is 7.02. The van der Waals surface area contributed by atoms with Crippen LogP contribution in [-0.4, -0.2) is 18.4 Å². The van der Waals surface area contributed by atoms with Gasteiger partial charge in [-0.1, -0.05) is 6.07 Å². The van der Waals surface area contributed by atoms with Gasteiger partial charge in [-0.15, -0.1) is 0 Å².